The number of hydrogen-bond acceptors (Lipinski definition) is 8. The van der Waals surface area contributed by atoms with Crippen LogP contribution in [0.3, 0.4) is 0 Å². The number of nitrogens with one attached hydrogen (secondary N) is 1. The zero-order valence-corrected chi connectivity index (χ0v) is 21.7. The molecule has 0 atom stereocenters. The molecule has 194 valence electrons. The Hall–Kier alpha value is -3.57. The van der Waals surface area contributed by atoms with Crippen molar-refractivity contribution in [2.45, 2.75) is 31.8 Å². The largest absolute Gasteiger partial charge is 0.496 e. The SMILES string of the molecule is COc1cccc(F)c1-c1cc2ncn(C)c2cc1C(=O)Nc1nnc(OCC2CCC(OC)CC2)s1. The minimum Gasteiger partial charge on any atom is -0.496 e. The lowest BCUT2D eigenvalue weighted by Crippen LogP contribution is -2.24. The van der Waals surface area contributed by atoms with Crippen LogP contribution in [0.5, 0.6) is 10.9 Å². The van der Waals surface area contributed by atoms with Crippen LogP contribution in [0.1, 0.15) is 36.0 Å². The molecular formula is C26H28FN5O4S. The molecule has 0 spiro atoms. The van der Waals surface area contributed by atoms with Crippen molar-refractivity contribution < 1.29 is 23.4 Å². The predicted molar refractivity (Wildman–Crippen MR) is 139 cm³/mol. The van der Waals surface area contributed by atoms with Gasteiger partial charge in [0.25, 0.3) is 11.1 Å². The Balaban J connectivity index is 1.37. The number of aromatic nitrogens is 4. The van der Waals surface area contributed by atoms with Crippen LogP contribution in [0, 0.1) is 11.7 Å². The summed E-state index contributed by atoms with van der Waals surface area (Å²) in [5.74, 6) is -0.202. The molecule has 2 aromatic carbocycles. The number of imidazole rings is 1. The van der Waals surface area contributed by atoms with Crippen LogP contribution >= 0.6 is 11.3 Å². The van der Waals surface area contributed by atoms with Gasteiger partial charge in [-0.05, 0) is 67.2 Å². The summed E-state index contributed by atoms with van der Waals surface area (Å²) >= 11 is 1.15. The Morgan fingerprint density at radius 3 is 2.76 bits per heavy atom. The average Bonchev–Trinajstić information content (AvgIpc) is 3.52. The average molecular weight is 526 g/mol. The van der Waals surface area contributed by atoms with E-state index in [9.17, 15) is 4.79 Å². The lowest BCUT2D eigenvalue weighted by atomic mass is 9.88. The highest BCUT2D eigenvalue weighted by molar-refractivity contribution is 7.17. The first kappa shape index (κ1) is 25.1. The molecular weight excluding hydrogens is 497 g/mol. The summed E-state index contributed by atoms with van der Waals surface area (Å²) in [7, 11) is 5.04. The zero-order chi connectivity index (χ0) is 25.9. The van der Waals surface area contributed by atoms with E-state index in [0.717, 1.165) is 42.5 Å². The number of ether oxygens (including phenoxy) is 3. The van der Waals surface area contributed by atoms with Gasteiger partial charge in [-0.3, -0.25) is 10.1 Å². The fraction of sp³-hybridized carbons (Fsp3) is 0.385. The van der Waals surface area contributed by atoms with Gasteiger partial charge in [-0.15, -0.1) is 5.10 Å². The second kappa shape index (κ2) is 10.8. The summed E-state index contributed by atoms with van der Waals surface area (Å²) in [6.07, 6.45) is 6.11. The van der Waals surface area contributed by atoms with Gasteiger partial charge < -0.3 is 18.8 Å². The highest BCUT2D eigenvalue weighted by Crippen LogP contribution is 2.37. The molecule has 0 radical (unpaired) electrons. The van der Waals surface area contributed by atoms with Gasteiger partial charge in [0.05, 0.1) is 48.3 Å². The number of rotatable bonds is 8. The molecule has 1 aliphatic rings. The molecule has 2 heterocycles. The van der Waals surface area contributed by atoms with Gasteiger partial charge in [-0.2, -0.15) is 0 Å². The van der Waals surface area contributed by atoms with Crippen molar-refractivity contribution in [2.24, 2.45) is 13.0 Å². The quantitative estimate of drug-likeness (QED) is 0.343. The van der Waals surface area contributed by atoms with E-state index in [1.165, 1.54) is 13.2 Å². The molecule has 1 aliphatic carbocycles. The smallest absolute Gasteiger partial charge is 0.295 e. The number of hydrogen-bond donors (Lipinski definition) is 1. The van der Waals surface area contributed by atoms with E-state index in [1.54, 1.807) is 42.3 Å². The number of benzene rings is 2. The van der Waals surface area contributed by atoms with Crippen LogP contribution < -0.4 is 14.8 Å². The number of carbonyl (C=O) groups is 1. The third-order valence-electron chi connectivity index (χ3n) is 6.77. The van der Waals surface area contributed by atoms with Crippen LogP contribution in [0.4, 0.5) is 9.52 Å². The molecule has 1 N–H and O–H groups in total. The number of halogens is 1. The molecule has 1 saturated carbocycles. The minimum absolute atomic E-state index is 0.187. The van der Waals surface area contributed by atoms with Crippen LogP contribution in [0.25, 0.3) is 22.2 Å². The summed E-state index contributed by atoms with van der Waals surface area (Å²) in [4.78, 5) is 17.8. The van der Waals surface area contributed by atoms with Crippen molar-refractivity contribution in [2.75, 3.05) is 26.1 Å². The highest BCUT2D eigenvalue weighted by atomic mass is 32.1. The first-order valence-electron chi connectivity index (χ1n) is 12.0. The van der Waals surface area contributed by atoms with Gasteiger partial charge in [-0.25, -0.2) is 9.37 Å². The first-order chi connectivity index (χ1) is 18.0. The Morgan fingerprint density at radius 2 is 2.00 bits per heavy atom. The Morgan fingerprint density at radius 1 is 1.19 bits per heavy atom. The fourth-order valence-electron chi connectivity index (χ4n) is 4.71. The van der Waals surface area contributed by atoms with Gasteiger partial charge >= 0.3 is 0 Å². The number of amides is 1. The van der Waals surface area contributed by atoms with Crippen LogP contribution in [0.15, 0.2) is 36.7 Å². The number of carbonyl (C=O) groups excluding carboxylic acids is 1. The van der Waals surface area contributed by atoms with Gasteiger partial charge in [-0.1, -0.05) is 11.2 Å². The van der Waals surface area contributed by atoms with E-state index < -0.39 is 11.7 Å². The zero-order valence-electron chi connectivity index (χ0n) is 20.9. The number of aryl methyl sites for hydroxylation is 1. The van der Waals surface area contributed by atoms with E-state index in [0.29, 0.717) is 45.8 Å². The Kier molecular flexibility index (Phi) is 7.33. The molecule has 37 heavy (non-hydrogen) atoms. The molecule has 4 aromatic rings. The van der Waals surface area contributed by atoms with Crippen molar-refractivity contribution in [1.29, 1.82) is 0 Å². The molecule has 9 nitrogen and oxygen atoms in total. The van der Waals surface area contributed by atoms with Crippen LogP contribution in [-0.4, -0.2) is 52.6 Å². The second-order valence-electron chi connectivity index (χ2n) is 9.08. The van der Waals surface area contributed by atoms with Crippen LogP contribution in [0.2, 0.25) is 0 Å². The third-order valence-corrected chi connectivity index (χ3v) is 7.52. The van der Waals surface area contributed by atoms with E-state index in [4.69, 9.17) is 14.2 Å². The number of fused-ring (bicyclic) bond motifs is 1. The third kappa shape index (κ3) is 5.28. The molecule has 0 unspecified atom stereocenters. The summed E-state index contributed by atoms with van der Waals surface area (Å²) in [5, 5.41) is 11.6. The molecule has 2 aromatic heterocycles. The molecule has 1 fully saturated rings. The topological polar surface area (TPSA) is 100 Å². The van der Waals surface area contributed by atoms with Gasteiger partial charge in [0.1, 0.15) is 11.6 Å². The number of anilines is 1. The van der Waals surface area contributed by atoms with Crippen molar-refractivity contribution in [3.05, 3.63) is 48.0 Å². The fourth-order valence-corrected chi connectivity index (χ4v) is 5.31. The maximum atomic E-state index is 15.0. The molecule has 0 aliphatic heterocycles. The summed E-state index contributed by atoms with van der Waals surface area (Å²) < 4.78 is 33.5. The monoisotopic (exact) mass is 525 g/mol. The van der Waals surface area contributed by atoms with Crippen molar-refractivity contribution in [3.8, 4) is 22.1 Å². The minimum atomic E-state index is -0.505. The molecule has 1 amide bonds. The molecule has 5 rings (SSSR count). The maximum absolute atomic E-state index is 15.0. The summed E-state index contributed by atoms with van der Waals surface area (Å²) in [6.45, 7) is 0.549. The van der Waals surface area contributed by atoms with E-state index in [1.807, 2.05) is 7.05 Å². The summed E-state index contributed by atoms with van der Waals surface area (Å²) in [5.41, 5.74) is 2.17. The van der Waals surface area contributed by atoms with Crippen molar-refractivity contribution in [3.63, 3.8) is 0 Å². The Bertz CT molecular complexity index is 1410. The predicted octanol–water partition coefficient (Wildman–Crippen LogP) is 5.08. The summed E-state index contributed by atoms with van der Waals surface area (Å²) in [6, 6.07) is 7.92. The van der Waals surface area contributed by atoms with E-state index in [2.05, 4.69) is 20.5 Å². The van der Waals surface area contributed by atoms with Gasteiger partial charge in [0, 0.05) is 19.7 Å². The van der Waals surface area contributed by atoms with E-state index in [-0.39, 0.29) is 11.1 Å². The lowest BCUT2D eigenvalue weighted by molar-refractivity contribution is 0.0481. The Labute approximate surface area is 217 Å². The second-order valence-corrected chi connectivity index (χ2v) is 10.0. The number of nitrogens with zero attached hydrogens (tertiary/aromatic N) is 4. The first-order valence-corrected chi connectivity index (χ1v) is 12.9. The van der Waals surface area contributed by atoms with Gasteiger partial charge in [0.15, 0.2) is 0 Å². The van der Waals surface area contributed by atoms with Crippen LogP contribution in [-0.2, 0) is 11.8 Å². The van der Waals surface area contributed by atoms with Crippen molar-refractivity contribution in [1.82, 2.24) is 19.7 Å². The number of methoxy groups -OCH3 is 2. The molecule has 0 bridgehead atoms. The van der Waals surface area contributed by atoms with Crippen molar-refractivity contribution >= 4 is 33.4 Å². The normalized spacial score (nSPS) is 17.6. The lowest BCUT2D eigenvalue weighted by Gasteiger charge is -2.26. The van der Waals surface area contributed by atoms with Gasteiger partial charge in [0.2, 0.25) is 5.13 Å². The van der Waals surface area contributed by atoms with E-state index >= 15 is 4.39 Å². The molecule has 11 heteroatoms. The molecule has 0 saturated heterocycles. The standard InChI is InChI=1S/C26H28FN5O4S/c1-32-14-28-20-11-17(23-19(27)5-4-6-22(23)35-3)18(12-21(20)32)24(33)29-25-30-31-26(37-25)36-13-15-7-9-16(34-2)10-8-15/h4-6,11-12,14-16H,7-10,13H2,1-3H3,(H,29,30,33). The maximum Gasteiger partial charge on any atom is 0.295 e. The highest BCUT2D eigenvalue weighted by Gasteiger charge is 2.24.